The molecule has 0 bridgehead atoms. The Morgan fingerprint density at radius 2 is 1.61 bits per heavy atom. The summed E-state index contributed by atoms with van der Waals surface area (Å²) in [4.78, 5) is 0. The van der Waals surface area contributed by atoms with Gasteiger partial charge in [0.05, 0.1) is 25.4 Å². The Morgan fingerprint density at radius 3 is 2.32 bits per heavy atom. The topological polar surface area (TPSA) is 79.2 Å². The van der Waals surface area contributed by atoms with Gasteiger partial charge >= 0.3 is 0 Å². The first-order valence-electron chi connectivity index (χ1n) is 11.5. The van der Waals surface area contributed by atoms with Gasteiger partial charge in [-0.2, -0.15) is 0 Å². The molecule has 5 rings (SSSR count). The van der Waals surface area contributed by atoms with Crippen molar-refractivity contribution >= 4 is 0 Å². The molecule has 5 fully saturated rings. The van der Waals surface area contributed by atoms with Crippen LogP contribution in [0, 0.1) is 34.5 Å². The van der Waals surface area contributed by atoms with Crippen molar-refractivity contribution in [1.82, 2.24) is 0 Å². The van der Waals surface area contributed by atoms with E-state index in [1.165, 1.54) is 0 Å². The Balaban J connectivity index is 1.50. The van der Waals surface area contributed by atoms with E-state index in [4.69, 9.17) is 9.47 Å². The normalized spacial score (nSPS) is 58.1. The van der Waals surface area contributed by atoms with Crippen molar-refractivity contribution in [1.29, 1.82) is 0 Å². The van der Waals surface area contributed by atoms with E-state index >= 15 is 0 Å². The van der Waals surface area contributed by atoms with Gasteiger partial charge in [0.2, 0.25) is 0 Å². The Bertz CT molecular complexity index is 632. The minimum absolute atomic E-state index is 0.105. The largest absolute Gasteiger partial charge is 0.393 e. The Morgan fingerprint density at radius 1 is 0.893 bits per heavy atom. The second-order valence-corrected chi connectivity index (χ2v) is 11.2. The van der Waals surface area contributed by atoms with Crippen molar-refractivity contribution in [2.45, 2.75) is 95.7 Å². The van der Waals surface area contributed by atoms with Crippen LogP contribution >= 0.6 is 0 Å². The third-order valence-corrected chi connectivity index (χ3v) is 10.3. The Labute approximate surface area is 168 Å². The zero-order valence-electron chi connectivity index (χ0n) is 17.7. The molecule has 3 N–H and O–H groups in total. The quantitative estimate of drug-likeness (QED) is 0.637. The summed E-state index contributed by atoms with van der Waals surface area (Å²) in [6.45, 7) is 7.50. The molecule has 0 aromatic carbocycles. The first-order chi connectivity index (χ1) is 13.1. The number of fused-ring (bicyclic) bond motifs is 5. The van der Waals surface area contributed by atoms with Gasteiger partial charge in [-0.25, -0.2) is 0 Å². The molecule has 28 heavy (non-hydrogen) atoms. The Hall–Kier alpha value is -0.200. The first-order valence-corrected chi connectivity index (χ1v) is 11.5. The van der Waals surface area contributed by atoms with Gasteiger partial charge in [0.15, 0.2) is 5.79 Å². The van der Waals surface area contributed by atoms with Gasteiger partial charge in [0.1, 0.15) is 5.60 Å². The number of aliphatic hydroxyl groups excluding tert-OH is 2. The van der Waals surface area contributed by atoms with Gasteiger partial charge in [0.25, 0.3) is 0 Å². The van der Waals surface area contributed by atoms with Gasteiger partial charge in [-0.3, -0.25) is 0 Å². The molecule has 4 saturated carbocycles. The number of rotatable bonds is 1. The van der Waals surface area contributed by atoms with E-state index in [9.17, 15) is 15.3 Å². The summed E-state index contributed by atoms with van der Waals surface area (Å²) in [6, 6.07) is 0. The molecule has 5 heteroatoms. The van der Waals surface area contributed by atoms with Crippen molar-refractivity contribution in [2.75, 3.05) is 13.2 Å². The van der Waals surface area contributed by atoms with E-state index in [1.807, 2.05) is 6.92 Å². The lowest BCUT2D eigenvalue weighted by Crippen LogP contribution is -2.66. The number of aliphatic hydroxyl groups is 3. The summed E-state index contributed by atoms with van der Waals surface area (Å²) >= 11 is 0. The molecule has 0 radical (unpaired) electrons. The van der Waals surface area contributed by atoms with Crippen molar-refractivity contribution in [2.24, 2.45) is 34.5 Å². The fourth-order valence-corrected chi connectivity index (χ4v) is 8.86. The second-order valence-electron chi connectivity index (χ2n) is 11.2. The number of hydrogen-bond acceptors (Lipinski definition) is 5. The zero-order valence-corrected chi connectivity index (χ0v) is 17.7. The van der Waals surface area contributed by atoms with Crippen LogP contribution in [0.3, 0.4) is 0 Å². The molecule has 160 valence electrons. The molecule has 4 aliphatic carbocycles. The van der Waals surface area contributed by atoms with E-state index in [1.54, 1.807) is 0 Å². The van der Waals surface area contributed by atoms with Gasteiger partial charge < -0.3 is 24.8 Å². The third kappa shape index (κ3) is 2.31. The molecular weight excluding hydrogens is 356 g/mol. The smallest absolute Gasteiger partial charge is 0.195 e. The maximum absolute atomic E-state index is 11.9. The highest BCUT2D eigenvalue weighted by Crippen LogP contribution is 2.70. The average molecular weight is 395 g/mol. The van der Waals surface area contributed by atoms with Crippen LogP contribution in [-0.2, 0) is 9.47 Å². The van der Waals surface area contributed by atoms with E-state index in [0.29, 0.717) is 43.8 Å². The van der Waals surface area contributed by atoms with Gasteiger partial charge in [-0.1, -0.05) is 13.8 Å². The van der Waals surface area contributed by atoms with Crippen LogP contribution in [0.1, 0.15) is 72.1 Å². The molecule has 0 aromatic rings. The highest BCUT2D eigenvalue weighted by atomic mass is 16.7. The molecule has 1 aliphatic heterocycles. The highest BCUT2D eigenvalue weighted by molar-refractivity contribution is 5.19. The molecule has 0 aromatic heterocycles. The maximum atomic E-state index is 11.9. The van der Waals surface area contributed by atoms with Crippen LogP contribution in [0.25, 0.3) is 0 Å². The fraction of sp³-hybridized carbons (Fsp3) is 1.00. The van der Waals surface area contributed by atoms with Crippen LogP contribution in [0.5, 0.6) is 0 Å². The summed E-state index contributed by atoms with van der Waals surface area (Å²) < 4.78 is 11.9. The zero-order chi connectivity index (χ0) is 19.9. The average Bonchev–Trinajstić information content (AvgIpc) is 3.19. The predicted octanol–water partition coefficient (Wildman–Crippen LogP) is 2.85. The minimum Gasteiger partial charge on any atom is -0.393 e. The first kappa shape index (κ1) is 19.7. The molecule has 0 spiro atoms. The number of ether oxygens (including phenoxy) is 2. The molecular formula is C23H38O5. The van der Waals surface area contributed by atoms with Crippen LogP contribution in [0.4, 0.5) is 0 Å². The van der Waals surface area contributed by atoms with Crippen molar-refractivity contribution < 1.29 is 24.8 Å². The van der Waals surface area contributed by atoms with E-state index < -0.39 is 22.9 Å². The lowest BCUT2D eigenvalue weighted by atomic mass is 9.43. The van der Waals surface area contributed by atoms with E-state index in [-0.39, 0.29) is 17.4 Å². The molecule has 5 nitrogen and oxygen atoms in total. The maximum Gasteiger partial charge on any atom is 0.195 e. The molecule has 9 atom stereocenters. The molecule has 0 amide bonds. The second kappa shape index (κ2) is 6.16. The summed E-state index contributed by atoms with van der Waals surface area (Å²) in [5, 5.41) is 33.7. The van der Waals surface area contributed by atoms with Crippen LogP contribution in [0.15, 0.2) is 0 Å². The van der Waals surface area contributed by atoms with E-state index in [2.05, 4.69) is 13.8 Å². The van der Waals surface area contributed by atoms with Gasteiger partial charge in [-0.05, 0) is 87.4 Å². The standard InChI is InChI=1S/C23H38O5/c1-20-8-6-15(24)12-14(20)4-5-16-17-7-9-23(26,22(3)27-10-11-28-22)21(17,2)13-18(25)19(16)20/h14-19,24-26H,4-13H2,1-3H3/t14-,15-,16-,17-,18+,19+,20-,21-,23+/m0/s1. The van der Waals surface area contributed by atoms with Crippen LogP contribution in [0.2, 0.25) is 0 Å². The molecule has 1 saturated heterocycles. The number of hydrogen-bond donors (Lipinski definition) is 3. The predicted molar refractivity (Wildman–Crippen MR) is 104 cm³/mol. The third-order valence-electron chi connectivity index (χ3n) is 10.3. The SMILES string of the molecule is CC1([C@@]2(O)CC[C@H]3[C@@H]4CC[C@H]5C[C@@H](O)CC[C@]5(C)[C@H]4[C@H](O)C[C@@]32C)OCCO1. The van der Waals surface area contributed by atoms with E-state index in [0.717, 1.165) is 38.5 Å². The summed E-state index contributed by atoms with van der Waals surface area (Å²) in [5.74, 6) is 0.636. The molecule has 0 unspecified atom stereocenters. The van der Waals surface area contributed by atoms with Crippen LogP contribution < -0.4 is 0 Å². The Kier molecular flexibility index (Phi) is 4.35. The summed E-state index contributed by atoms with van der Waals surface area (Å²) in [7, 11) is 0. The summed E-state index contributed by atoms with van der Waals surface area (Å²) in [5.41, 5.74) is -1.36. The highest BCUT2D eigenvalue weighted by Gasteiger charge is 2.72. The van der Waals surface area contributed by atoms with Crippen molar-refractivity contribution in [3.8, 4) is 0 Å². The lowest BCUT2D eigenvalue weighted by Gasteiger charge is -2.63. The van der Waals surface area contributed by atoms with Crippen LogP contribution in [-0.4, -0.2) is 52.1 Å². The van der Waals surface area contributed by atoms with Gasteiger partial charge in [0, 0.05) is 5.41 Å². The van der Waals surface area contributed by atoms with Crippen molar-refractivity contribution in [3.63, 3.8) is 0 Å². The molecule has 5 aliphatic rings. The molecule has 1 heterocycles. The summed E-state index contributed by atoms with van der Waals surface area (Å²) in [6.07, 6.45) is 6.67. The fourth-order valence-electron chi connectivity index (χ4n) is 8.86. The lowest BCUT2D eigenvalue weighted by molar-refractivity contribution is -0.307. The van der Waals surface area contributed by atoms with Gasteiger partial charge in [-0.15, -0.1) is 0 Å². The van der Waals surface area contributed by atoms with Crippen molar-refractivity contribution in [3.05, 3.63) is 0 Å². The minimum atomic E-state index is -1.06. The monoisotopic (exact) mass is 394 g/mol.